The van der Waals surface area contributed by atoms with Crippen molar-refractivity contribution in [3.8, 4) is 17.2 Å². The van der Waals surface area contributed by atoms with Crippen LogP contribution in [0.5, 0.6) is 0 Å². The molecule has 0 amide bonds. The second kappa shape index (κ2) is 18.9. The van der Waals surface area contributed by atoms with Crippen molar-refractivity contribution in [2.24, 2.45) is 17.3 Å². The van der Waals surface area contributed by atoms with E-state index in [1.165, 1.54) is 76.2 Å². The Labute approximate surface area is 263 Å². The maximum Gasteiger partial charge on any atom is 0.338 e. The van der Waals surface area contributed by atoms with Crippen LogP contribution in [-0.2, 0) is 4.74 Å². The monoisotopic (exact) mass is 585 g/mol. The van der Waals surface area contributed by atoms with Crippen LogP contribution in [0.1, 0.15) is 159 Å². The van der Waals surface area contributed by atoms with Crippen molar-refractivity contribution in [3.63, 3.8) is 0 Å². The highest BCUT2D eigenvalue weighted by Gasteiger charge is 2.35. The Hall–Kier alpha value is -2.60. The lowest BCUT2D eigenvalue weighted by Gasteiger charge is -2.35. The molecule has 1 unspecified atom stereocenters. The summed E-state index contributed by atoms with van der Waals surface area (Å²) in [7, 11) is 0. The van der Waals surface area contributed by atoms with Gasteiger partial charge in [-0.3, -0.25) is 0 Å². The van der Waals surface area contributed by atoms with Gasteiger partial charge in [0, 0.05) is 0 Å². The Balaban J connectivity index is 1.40. The molecule has 0 bridgehead atoms. The van der Waals surface area contributed by atoms with Crippen LogP contribution < -0.4 is 0 Å². The van der Waals surface area contributed by atoms with Gasteiger partial charge in [-0.15, -0.1) is 0 Å². The van der Waals surface area contributed by atoms with Crippen LogP contribution >= 0.6 is 0 Å². The van der Waals surface area contributed by atoms with Gasteiger partial charge in [0.1, 0.15) is 0 Å². The van der Waals surface area contributed by atoms with Gasteiger partial charge in [0.25, 0.3) is 0 Å². The lowest BCUT2D eigenvalue weighted by atomic mass is 9.67. The van der Waals surface area contributed by atoms with E-state index in [4.69, 9.17) is 4.74 Å². The van der Waals surface area contributed by atoms with Crippen LogP contribution in [0.25, 0.3) is 11.1 Å². The fourth-order valence-corrected chi connectivity index (χ4v) is 6.72. The molecule has 0 N–H and O–H groups in total. The first-order valence-electron chi connectivity index (χ1n) is 17.6. The fourth-order valence-electron chi connectivity index (χ4n) is 6.72. The molecule has 1 aliphatic carbocycles. The van der Waals surface area contributed by atoms with Crippen molar-refractivity contribution in [1.82, 2.24) is 0 Å². The number of benzene rings is 2. The van der Waals surface area contributed by atoms with Crippen LogP contribution in [-0.4, -0.2) is 12.6 Å². The average Bonchev–Trinajstić information content (AvgIpc) is 3.02. The first kappa shape index (κ1) is 34.9. The largest absolute Gasteiger partial charge is 0.462 e. The van der Waals surface area contributed by atoms with Gasteiger partial charge in [0.05, 0.1) is 23.7 Å². The fraction of sp³-hybridized carbons (Fsp3) is 0.650. The van der Waals surface area contributed by atoms with Crippen molar-refractivity contribution < 1.29 is 9.53 Å². The summed E-state index contributed by atoms with van der Waals surface area (Å²) in [5.41, 5.74) is 4.17. The molecular weight excluding hydrogens is 526 g/mol. The van der Waals surface area contributed by atoms with E-state index in [1.54, 1.807) is 0 Å². The molecule has 3 rings (SSSR count). The van der Waals surface area contributed by atoms with E-state index in [0.717, 1.165) is 55.6 Å². The molecule has 43 heavy (non-hydrogen) atoms. The van der Waals surface area contributed by atoms with Crippen molar-refractivity contribution in [2.45, 2.75) is 143 Å². The molecule has 0 heterocycles. The number of ether oxygens (including phenoxy) is 1. The number of carbonyl (C=O) groups is 1. The minimum atomic E-state index is -0.232. The van der Waals surface area contributed by atoms with Crippen molar-refractivity contribution in [1.29, 1.82) is 5.26 Å². The van der Waals surface area contributed by atoms with Gasteiger partial charge >= 0.3 is 5.97 Å². The summed E-state index contributed by atoms with van der Waals surface area (Å²) in [4.78, 5) is 12.6. The van der Waals surface area contributed by atoms with Crippen molar-refractivity contribution in [2.75, 3.05) is 6.61 Å². The molecule has 0 radical (unpaired) electrons. The number of nitriles is 1. The third-order valence-corrected chi connectivity index (χ3v) is 9.85. The molecule has 3 nitrogen and oxygen atoms in total. The highest BCUT2D eigenvalue weighted by Crippen LogP contribution is 2.46. The van der Waals surface area contributed by atoms with Crippen LogP contribution in [0.4, 0.5) is 0 Å². The van der Waals surface area contributed by atoms with Crippen molar-refractivity contribution >= 4 is 5.97 Å². The lowest BCUT2D eigenvalue weighted by Crippen LogP contribution is -2.25. The van der Waals surface area contributed by atoms with E-state index >= 15 is 0 Å². The Kier molecular flexibility index (Phi) is 15.4. The molecular formula is C40H59NO2. The number of hydrogen-bond acceptors (Lipinski definition) is 3. The number of carbonyl (C=O) groups excluding carboxylic acids is 1. The second-order valence-corrected chi connectivity index (χ2v) is 13.9. The van der Waals surface area contributed by atoms with Crippen LogP contribution in [0.3, 0.4) is 0 Å². The summed E-state index contributed by atoms with van der Waals surface area (Å²) < 4.78 is 5.57. The molecule has 1 saturated carbocycles. The minimum Gasteiger partial charge on any atom is -0.462 e. The predicted molar refractivity (Wildman–Crippen MR) is 181 cm³/mol. The standard InChI is InChI=1S/C40H59NO2/c1-5-6-7-8-9-10-11-12-27-40(31-41)28-24-37(25-29-40)36-18-16-34(17-19-36)35-20-22-38(23-21-35)39(42)43-30-26-33(4)15-13-14-32(2)3/h16-23,32-33,37H,5-15,24-30H2,1-4H3. The quantitative estimate of drug-likeness (QED) is 0.122. The van der Waals surface area contributed by atoms with Gasteiger partial charge in [-0.25, -0.2) is 4.79 Å². The molecule has 3 heteroatoms. The summed E-state index contributed by atoms with van der Waals surface area (Å²) in [5.74, 6) is 1.65. The Morgan fingerprint density at radius 1 is 0.814 bits per heavy atom. The van der Waals surface area contributed by atoms with Gasteiger partial charge in [0.15, 0.2) is 0 Å². The highest BCUT2D eigenvalue weighted by atomic mass is 16.5. The maximum absolute atomic E-state index is 12.6. The Bertz CT molecular complexity index is 1090. The third-order valence-electron chi connectivity index (χ3n) is 9.85. The summed E-state index contributed by atoms with van der Waals surface area (Å²) >= 11 is 0. The molecule has 1 aliphatic rings. The number of hydrogen-bond donors (Lipinski definition) is 0. The Morgan fingerprint density at radius 3 is 1.98 bits per heavy atom. The maximum atomic E-state index is 12.6. The third kappa shape index (κ3) is 12.1. The van der Waals surface area contributed by atoms with Crippen LogP contribution in [0.2, 0.25) is 0 Å². The zero-order valence-electron chi connectivity index (χ0n) is 27.8. The van der Waals surface area contributed by atoms with Crippen molar-refractivity contribution in [3.05, 3.63) is 59.7 Å². The van der Waals surface area contributed by atoms with Crippen LogP contribution in [0, 0.1) is 28.6 Å². The zero-order valence-corrected chi connectivity index (χ0v) is 27.8. The van der Waals surface area contributed by atoms with Gasteiger partial charge in [-0.1, -0.05) is 135 Å². The molecule has 1 fully saturated rings. The molecule has 0 spiro atoms. The number of rotatable bonds is 19. The molecule has 1 atom stereocenters. The topological polar surface area (TPSA) is 50.1 Å². The molecule has 0 aromatic heterocycles. The molecule has 236 valence electrons. The molecule has 0 aliphatic heterocycles. The normalized spacial score (nSPS) is 19.2. The molecule has 2 aromatic rings. The molecule has 2 aromatic carbocycles. The zero-order chi connectivity index (χ0) is 30.9. The first-order valence-corrected chi connectivity index (χ1v) is 17.6. The summed E-state index contributed by atoms with van der Waals surface area (Å²) in [6.45, 7) is 9.54. The Morgan fingerprint density at radius 2 is 1.40 bits per heavy atom. The van der Waals surface area contributed by atoms with E-state index in [1.807, 2.05) is 24.3 Å². The lowest BCUT2D eigenvalue weighted by molar-refractivity contribution is 0.0483. The average molecular weight is 586 g/mol. The van der Waals surface area contributed by atoms with E-state index in [-0.39, 0.29) is 11.4 Å². The number of unbranched alkanes of at least 4 members (excludes halogenated alkanes) is 7. The summed E-state index contributed by atoms with van der Waals surface area (Å²) in [6.07, 6.45) is 20.6. The van der Waals surface area contributed by atoms with Crippen LogP contribution in [0.15, 0.2) is 48.5 Å². The van der Waals surface area contributed by atoms with E-state index < -0.39 is 0 Å². The summed E-state index contributed by atoms with van der Waals surface area (Å²) in [5, 5.41) is 10.0. The van der Waals surface area contributed by atoms with E-state index in [0.29, 0.717) is 24.0 Å². The van der Waals surface area contributed by atoms with Gasteiger partial charge in [-0.2, -0.15) is 5.26 Å². The minimum absolute atomic E-state index is 0.104. The van der Waals surface area contributed by atoms with Gasteiger partial charge in [-0.05, 0) is 85.1 Å². The second-order valence-electron chi connectivity index (χ2n) is 13.9. The number of nitrogens with zero attached hydrogens (tertiary/aromatic N) is 1. The predicted octanol–water partition coefficient (Wildman–Crippen LogP) is 12.1. The number of esters is 1. The van der Waals surface area contributed by atoms with E-state index in [2.05, 4.69) is 58.0 Å². The highest BCUT2D eigenvalue weighted by molar-refractivity contribution is 5.90. The SMILES string of the molecule is CCCCCCCCCCC1(C#N)CCC(c2ccc(-c3ccc(C(=O)OCCC(C)CCCC(C)C)cc3)cc2)CC1. The van der Waals surface area contributed by atoms with Gasteiger partial charge < -0.3 is 4.74 Å². The van der Waals surface area contributed by atoms with Gasteiger partial charge in [0.2, 0.25) is 0 Å². The van der Waals surface area contributed by atoms with E-state index in [9.17, 15) is 10.1 Å². The molecule has 0 saturated heterocycles. The summed E-state index contributed by atoms with van der Waals surface area (Å²) in [6, 6.07) is 19.5. The smallest absolute Gasteiger partial charge is 0.338 e. The first-order chi connectivity index (χ1) is 20.9.